The standard InChI is InChI=1S/C28H32FN3O6/c1-15-25(16(2)38-32-15)18-7-11-22(30-20-9-5-17(6-10-20)28(35)37-4)23(13-18)31-27(34)26(33)21-14-19(29)8-12-24(21)36-3/h7-8,11-14,17,20,26,30,33H,5-6,9-10H2,1-4H3,(H,31,34). The molecule has 1 amide bonds. The number of hydrogen-bond donors (Lipinski definition) is 3. The Balaban J connectivity index is 1.61. The maximum absolute atomic E-state index is 13.9. The highest BCUT2D eigenvalue weighted by Gasteiger charge is 2.28. The summed E-state index contributed by atoms with van der Waals surface area (Å²) in [5.41, 5.74) is 3.37. The van der Waals surface area contributed by atoms with E-state index in [1.165, 1.54) is 26.4 Å². The first-order valence-electron chi connectivity index (χ1n) is 12.5. The van der Waals surface area contributed by atoms with Gasteiger partial charge < -0.3 is 29.7 Å². The van der Waals surface area contributed by atoms with Crippen LogP contribution in [0, 0.1) is 25.6 Å². The van der Waals surface area contributed by atoms with Crippen molar-refractivity contribution in [3.63, 3.8) is 0 Å². The van der Waals surface area contributed by atoms with E-state index in [0.717, 1.165) is 30.0 Å². The molecule has 0 aliphatic heterocycles. The summed E-state index contributed by atoms with van der Waals surface area (Å²) in [6.07, 6.45) is 1.22. The summed E-state index contributed by atoms with van der Waals surface area (Å²) in [6, 6.07) is 9.22. The molecule has 0 bridgehead atoms. The van der Waals surface area contributed by atoms with Crippen LogP contribution in [-0.4, -0.2) is 42.4 Å². The van der Waals surface area contributed by atoms with E-state index >= 15 is 0 Å². The van der Waals surface area contributed by atoms with Crippen LogP contribution in [-0.2, 0) is 14.3 Å². The number of aliphatic hydroxyl groups is 1. The van der Waals surface area contributed by atoms with Crippen molar-refractivity contribution >= 4 is 23.3 Å². The normalized spacial score (nSPS) is 17.9. The molecule has 38 heavy (non-hydrogen) atoms. The lowest BCUT2D eigenvalue weighted by molar-refractivity contribution is -0.146. The molecule has 1 aromatic heterocycles. The van der Waals surface area contributed by atoms with Crippen LogP contribution >= 0.6 is 0 Å². The van der Waals surface area contributed by atoms with E-state index in [2.05, 4.69) is 15.8 Å². The average molecular weight is 526 g/mol. The number of hydrogen-bond acceptors (Lipinski definition) is 8. The first-order valence-corrected chi connectivity index (χ1v) is 12.5. The monoisotopic (exact) mass is 525 g/mol. The van der Waals surface area contributed by atoms with Gasteiger partial charge in [-0.15, -0.1) is 0 Å². The molecular formula is C28H32FN3O6. The van der Waals surface area contributed by atoms with Crippen molar-refractivity contribution in [2.75, 3.05) is 24.9 Å². The van der Waals surface area contributed by atoms with Gasteiger partial charge in [0.05, 0.1) is 37.2 Å². The number of anilines is 2. The molecule has 1 heterocycles. The van der Waals surface area contributed by atoms with Crippen molar-refractivity contribution in [3.8, 4) is 16.9 Å². The highest BCUT2D eigenvalue weighted by atomic mass is 19.1. The molecule has 4 rings (SSSR count). The van der Waals surface area contributed by atoms with Gasteiger partial charge in [0, 0.05) is 17.2 Å². The van der Waals surface area contributed by atoms with Gasteiger partial charge in [-0.25, -0.2) is 4.39 Å². The van der Waals surface area contributed by atoms with Crippen molar-refractivity contribution in [1.82, 2.24) is 5.16 Å². The molecular weight excluding hydrogens is 493 g/mol. The highest BCUT2D eigenvalue weighted by molar-refractivity contribution is 5.98. The average Bonchev–Trinajstić information content (AvgIpc) is 3.26. The van der Waals surface area contributed by atoms with Crippen LogP contribution in [0.4, 0.5) is 15.8 Å². The Morgan fingerprint density at radius 2 is 1.82 bits per heavy atom. The molecule has 1 fully saturated rings. The minimum atomic E-state index is -1.67. The van der Waals surface area contributed by atoms with Crippen LogP contribution in [0.5, 0.6) is 5.75 Å². The van der Waals surface area contributed by atoms with Crippen LogP contribution in [0.15, 0.2) is 40.9 Å². The molecule has 0 spiro atoms. The minimum absolute atomic E-state index is 0.0162. The Labute approximate surface area is 220 Å². The van der Waals surface area contributed by atoms with E-state index in [1.54, 1.807) is 13.0 Å². The SMILES string of the molecule is COC(=O)C1CCC(Nc2ccc(-c3c(C)noc3C)cc2NC(=O)C(O)c2cc(F)ccc2OC)CC1. The maximum atomic E-state index is 13.9. The molecule has 1 unspecified atom stereocenters. The number of aliphatic hydroxyl groups excluding tert-OH is 1. The van der Waals surface area contributed by atoms with Crippen LogP contribution in [0.3, 0.4) is 0 Å². The highest BCUT2D eigenvalue weighted by Crippen LogP contribution is 2.36. The fourth-order valence-electron chi connectivity index (χ4n) is 4.95. The third-order valence-corrected chi connectivity index (χ3v) is 6.96. The van der Waals surface area contributed by atoms with Crippen molar-refractivity contribution in [3.05, 3.63) is 59.2 Å². The van der Waals surface area contributed by atoms with Gasteiger partial charge in [0.1, 0.15) is 17.3 Å². The van der Waals surface area contributed by atoms with Gasteiger partial charge in [0.2, 0.25) is 0 Å². The molecule has 1 saturated carbocycles. The Bertz CT molecular complexity index is 1300. The first-order chi connectivity index (χ1) is 18.2. The summed E-state index contributed by atoms with van der Waals surface area (Å²) in [5, 5.41) is 21.1. The second-order valence-electron chi connectivity index (χ2n) is 9.45. The first kappa shape index (κ1) is 27.1. The fourth-order valence-corrected chi connectivity index (χ4v) is 4.95. The lowest BCUT2D eigenvalue weighted by Gasteiger charge is -2.29. The van der Waals surface area contributed by atoms with E-state index in [-0.39, 0.29) is 29.2 Å². The van der Waals surface area contributed by atoms with Crippen molar-refractivity contribution in [1.29, 1.82) is 0 Å². The number of esters is 1. The Hall–Kier alpha value is -3.92. The van der Waals surface area contributed by atoms with E-state index in [0.29, 0.717) is 35.7 Å². The largest absolute Gasteiger partial charge is 0.496 e. The molecule has 0 radical (unpaired) electrons. The predicted octanol–water partition coefficient (Wildman–Crippen LogP) is 4.92. The lowest BCUT2D eigenvalue weighted by Crippen LogP contribution is -2.30. The Kier molecular flexibility index (Phi) is 8.31. The molecule has 3 N–H and O–H groups in total. The Morgan fingerprint density at radius 1 is 1.08 bits per heavy atom. The van der Waals surface area contributed by atoms with E-state index in [4.69, 9.17) is 14.0 Å². The van der Waals surface area contributed by atoms with Gasteiger partial charge in [-0.3, -0.25) is 9.59 Å². The van der Waals surface area contributed by atoms with Crippen molar-refractivity contribution in [2.45, 2.75) is 51.7 Å². The number of ether oxygens (including phenoxy) is 2. The summed E-state index contributed by atoms with van der Waals surface area (Å²) in [4.78, 5) is 25.1. The number of methoxy groups -OCH3 is 2. The summed E-state index contributed by atoms with van der Waals surface area (Å²) in [7, 11) is 2.78. The zero-order valence-corrected chi connectivity index (χ0v) is 21.8. The second kappa shape index (κ2) is 11.6. The number of rotatable bonds is 8. The van der Waals surface area contributed by atoms with Gasteiger partial charge in [0.15, 0.2) is 6.10 Å². The fraction of sp³-hybridized carbons (Fsp3) is 0.393. The topological polar surface area (TPSA) is 123 Å². The number of nitrogens with zero attached hydrogens (tertiary/aromatic N) is 1. The molecule has 0 saturated heterocycles. The molecule has 1 atom stereocenters. The molecule has 2 aromatic carbocycles. The molecule has 202 valence electrons. The minimum Gasteiger partial charge on any atom is -0.496 e. The van der Waals surface area contributed by atoms with Crippen LogP contribution in [0.25, 0.3) is 11.1 Å². The van der Waals surface area contributed by atoms with Gasteiger partial charge >= 0.3 is 5.97 Å². The number of aryl methyl sites for hydroxylation is 2. The second-order valence-corrected chi connectivity index (χ2v) is 9.45. The van der Waals surface area contributed by atoms with Crippen LogP contribution in [0.2, 0.25) is 0 Å². The number of amides is 1. The van der Waals surface area contributed by atoms with Crippen molar-refractivity contribution in [2.24, 2.45) is 5.92 Å². The number of carbonyl (C=O) groups excluding carboxylic acids is 2. The molecule has 1 aliphatic rings. The van der Waals surface area contributed by atoms with Crippen molar-refractivity contribution < 1.29 is 33.1 Å². The van der Waals surface area contributed by atoms with Crippen LogP contribution in [0.1, 0.15) is 48.8 Å². The summed E-state index contributed by atoms with van der Waals surface area (Å²) < 4.78 is 29.3. The van der Waals surface area contributed by atoms with E-state index < -0.39 is 17.8 Å². The zero-order valence-electron chi connectivity index (χ0n) is 21.8. The van der Waals surface area contributed by atoms with Gasteiger partial charge in [0.25, 0.3) is 5.91 Å². The van der Waals surface area contributed by atoms with E-state index in [1.807, 2.05) is 19.1 Å². The lowest BCUT2D eigenvalue weighted by atomic mass is 9.86. The third-order valence-electron chi connectivity index (χ3n) is 6.96. The summed E-state index contributed by atoms with van der Waals surface area (Å²) >= 11 is 0. The number of halogens is 1. The predicted molar refractivity (Wildman–Crippen MR) is 139 cm³/mol. The molecule has 3 aromatic rings. The summed E-state index contributed by atoms with van der Waals surface area (Å²) in [5.74, 6) is -0.830. The number of benzene rings is 2. The zero-order chi connectivity index (χ0) is 27.4. The molecule has 1 aliphatic carbocycles. The van der Waals surface area contributed by atoms with Crippen LogP contribution < -0.4 is 15.4 Å². The molecule has 9 nitrogen and oxygen atoms in total. The smallest absolute Gasteiger partial charge is 0.308 e. The number of carbonyl (C=O) groups is 2. The molecule has 10 heteroatoms. The maximum Gasteiger partial charge on any atom is 0.308 e. The number of aromatic nitrogens is 1. The summed E-state index contributed by atoms with van der Waals surface area (Å²) in [6.45, 7) is 3.63. The number of nitrogens with one attached hydrogen (secondary N) is 2. The quantitative estimate of drug-likeness (QED) is 0.354. The third kappa shape index (κ3) is 5.80. The van der Waals surface area contributed by atoms with E-state index in [9.17, 15) is 19.1 Å². The van der Waals surface area contributed by atoms with Gasteiger partial charge in [-0.1, -0.05) is 11.2 Å². The van der Waals surface area contributed by atoms with Gasteiger partial charge in [-0.05, 0) is 75.4 Å². The van der Waals surface area contributed by atoms with Gasteiger partial charge in [-0.2, -0.15) is 0 Å². The Morgan fingerprint density at radius 3 is 2.45 bits per heavy atom.